The van der Waals surface area contributed by atoms with E-state index in [1.54, 1.807) is 24.3 Å². The maximum atomic E-state index is 12.7. The van der Waals surface area contributed by atoms with Crippen LogP contribution in [-0.4, -0.2) is 20.9 Å². The van der Waals surface area contributed by atoms with Crippen molar-refractivity contribution in [3.8, 4) is 0 Å². The molecule has 1 atom stereocenters. The van der Waals surface area contributed by atoms with Crippen molar-refractivity contribution in [2.24, 2.45) is 0 Å². The second kappa shape index (κ2) is 9.75. The average molecular weight is 444 g/mol. The highest BCUT2D eigenvalue weighted by atomic mass is 35.5. The highest BCUT2D eigenvalue weighted by molar-refractivity contribution is 7.89. The van der Waals surface area contributed by atoms with Crippen molar-refractivity contribution in [2.45, 2.75) is 17.9 Å². The summed E-state index contributed by atoms with van der Waals surface area (Å²) in [5.74, 6) is -0.144. The van der Waals surface area contributed by atoms with Crippen molar-refractivity contribution in [1.29, 1.82) is 0 Å². The van der Waals surface area contributed by atoms with E-state index in [0.29, 0.717) is 10.7 Å². The molecule has 0 fully saturated rings. The molecule has 0 aliphatic heterocycles. The van der Waals surface area contributed by atoms with E-state index in [4.69, 9.17) is 11.6 Å². The van der Waals surface area contributed by atoms with Crippen LogP contribution in [0.3, 0.4) is 0 Å². The van der Waals surface area contributed by atoms with E-state index in [0.717, 1.165) is 11.3 Å². The predicted molar refractivity (Wildman–Crippen MR) is 120 cm³/mol. The fraction of sp³-hybridized carbons (Fsp3) is 0.136. The van der Waals surface area contributed by atoms with Crippen LogP contribution in [0.5, 0.6) is 0 Å². The van der Waals surface area contributed by atoms with Gasteiger partial charge >= 0.3 is 0 Å². The standard InChI is InChI=1S/C22H22ClN3O3S/c1-16(27)25-19-9-11-20(12-10-19)26-22(17-5-3-2-4-6-17)15-24-30(28,29)21-13-7-18(23)8-14-21/h2-14,22,24,26H,15H2,1H3,(H,25,27)/t22-/m0/s1. The molecule has 0 saturated heterocycles. The summed E-state index contributed by atoms with van der Waals surface area (Å²) in [6.45, 7) is 1.59. The normalized spacial score (nSPS) is 12.2. The maximum Gasteiger partial charge on any atom is 0.240 e. The van der Waals surface area contributed by atoms with Crippen molar-refractivity contribution < 1.29 is 13.2 Å². The zero-order valence-electron chi connectivity index (χ0n) is 16.3. The topological polar surface area (TPSA) is 87.3 Å². The van der Waals surface area contributed by atoms with Crippen LogP contribution in [0.2, 0.25) is 5.02 Å². The lowest BCUT2D eigenvalue weighted by molar-refractivity contribution is -0.114. The second-order valence-corrected chi connectivity index (χ2v) is 8.88. The molecule has 3 rings (SSSR count). The average Bonchev–Trinajstić information content (AvgIpc) is 2.73. The van der Waals surface area contributed by atoms with Gasteiger partial charge in [-0.05, 0) is 54.1 Å². The number of hydrogen-bond donors (Lipinski definition) is 3. The molecule has 0 spiro atoms. The minimum Gasteiger partial charge on any atom is -0.377 e. The van der Waals surface area contributed by atoms with Gasteiger partial charge in [0.05, 0.1) is 10.9 Å². The van der Waals surface area contributed by atoms with Gasteiger partial charge in [-0.25, -0.2) is 13.1 Å². The van der Waals surface area contributed by atoms with Crippen LogP contribution >= 0.6 is 11.6 Å². The highest BCUT2D eigenvalue weighted by Gasteiger charge is 2.18. The number of anilines is 2. The van der Waals surface area contributed by atoms with Crippen LogP contribution in [0, 0.1) is 0 Å². The van der Waals surface area contributed by atoms with Gasteiger partial charge in [0.2, 0.25) is 15.9 Å². The van der Waals surface area contributed by atoms with Gasteiger partial charge in [-0.15, -0.1) is 0 Å². The Kier molecular flexibility index (Phi) is 7.10. The fourth-order valence-electron chi connectivity index (χ4n) is 2.88. The Morgan fingerprint density at radius 2 is 1.50 bits per heavy atom. The van der Waals surface area contributed by atoms with Crippen LogP contribution in [0.25, 0.3) is 0 Å². The first-order chi connectivity index (χ1) is 14.3. The SMILES string of the molecule is CC(=O)Nc1ccc(N[C@@H](CNS(=O)(=O)c2ccc(Cl)cc2)c2ccccc2)cc1. The molecule has 0 aliphatic carbocycles. The summed E-state index contributed by atoms with van der Waals surface area (Å²) < 4.78 is 28.0. The zero-order chi connectivity index (χ0) is 21.6. The van der Waals surface area contributed by atoms with Crippen molar-refractivity contribution in [1.82, 2.24) is 4.72 Å². The number of carbonyl (C=O) groups is 1. The molecule has 0 aliphatic rings. The third-order valence-corrected chi connectivity index (χ3v) is 6.04. The minimum atomic E-state index is -3.69. The third-order valence-electron chi connectivity index (χ3n) is 4.35. The quantitative estimate of drug-likeness (QED) is 0.480. The van der Waals surface area contributed by atoms with Crippen molar-refractivity contribution >= 4 is 38.9 Å². The van der Waals surface area contributed by atoms with Gasteiger partial charge in [0.1, 0.15) is 0 Å². The number of halogens is 1. The molecule has 0 bridgehead atoms. The Hall–Kier alpha value is -2.87. The Balaban J connectivity index is 1.76. The van der Waals surface area contributed by atoms with Gasteiger partial charge < -0.3 is 10.6 Å². The van der Waals surface area contributed by atoms with Crippen LogP contribution in [-0.2, 0) is 14.8 Å². The predicted octanol–water partition coefficient (Wildman–Crippen LogP) is 4.43. The van der Waals surface area contributed by atoms with E-state index in [-0.39, 0.29) is 23.4 Å². The van der Waals surface area contributed by atoms with E-state index in [9.17, 15) is 13.2 Å². The molecule has 3 N–H and O–H groups in total. The number of benzene rings is 3. The molecule has 0 unspecified atom stereocenters. The molecule has 0 aromatic heterocycles. The Morgan fingerprint density at radius 1 is 0.900 bits per heavy atom. The van der Waals surface area contributed by atoms with Gasteiger partial charge in [-0.3, -0.25) is 4.79 Å². The van der Waals surface area contributed by atoms with Crippen LogP contribution < -0.4 is 15.4 Å². The Morgan fingerprint density at radius 3 is 2.10 bits per heavy atom. The number of carbonyl (C=O) groups excluding carboxylic acids is 1. The summed E-state index contributed by atoms with van der Waals surface area (Å²) in [4.78, 5) is 11.3. The van der Waals surface area contributed by atoms with Gasteiger partial charge in [0.25, 0.3) is 0 Å². The molecule has 30 heavy (non-hydrogen) atoms. The second-order valence-electron chi connectivity index (χ2n) is 6.67. The van der Waals surface area contributed by atoms with E-state index >= 15 is 0 Å². The van der Waals surface area contributed by atoms with Crippen molar-refractivity contribution in [2.75, 3.05) is 17.2 Å². The van der Waals surface area contributed by atoms with E-state index in [2.05, 4.69) is 15.4 Å². The minimum absolute atomic E-state index is 0.141. The lowest BCUT2D eigenvalue weighted by Gasteiger charge is -2.21. The van der Waals surface area contributed by atoms with Gasteiger partial charge in [-0.2, -0.15) is 0 Å². The first-order valence-corrected chi connectivity index (χ1v) is 11.1. The van der Waals surface area contributed by atoms with E-state index < -0.39 is 10.0 Å². The molecular weight excluding hydrogens is 422 g/mol. The molecule has 3 aromatic rings. The summed E-state index contributed by atoms with van der Waals surface area (Å²) in [6.07, 6.45) is 0. The number of amides is 1. The first kappa shape index (κ1) is 21.8. The number of nitrogens with one attached hydrogen (secondary N) is 3. The van der Waals surface area contributed by atoms with E-state index in [1.807, 2.05) is 42.5 Å². The molecule has 0 heterocycles. The highest BCUT2D eigenvalue weighted by Crippen LogP contribution is 2.22. The molecule has 3 aromatic carbocycles. The molecular formula is C22H22ClN3O3S. The molecule has 8 heteroatoms. The van der Waals surface area contributed by atoms with Crippen LogP contribution in [0.1, 0.15) is 18.5 Å². The van der Waals surface area contributed by atoms with E-state index in [1.165, 1.54) is 19.1 Å². The van der Waals surface area contributed by atoms with Gasteiger partial charge in [-0.1, -0.05) is 41.9 Å². The van der Waals surface area contributed by atoms with Crippen LogP contribution in [0.15, 0.2) is 83.8 Å². The number of sulfonamides is 1. The molecule has 0 saturated carbocycles. The lowest BCUT2D eigenvalue weighted by atomic mass is 10.1. The lowest BCUT2D eigenvalue weighted by Crippen LogP contribution is -2.31. The maximum absolute atomic E-state index is 12.7. The monoisotopic (exact) mass is 443 g/mol. The third kappa shape index (κ3) is 6.06. The number of hydrogen-bond acceptors (Lipinski definition) is 4. The smallest absolute Gasteiger partial charge is 0.240 e. The zero-order valence-corrected chi connectivity index (χ0v) is 17.9. The van der Waals surface area contributed by atoms with Crippen molar-refractivity contribution in [3.63, 3.8) is 0 Å². The Labute approximate surface area is 181 Å². The van der Waals surface area contributed by atoms with Crippen LogP contribution in [0.4, 0.5) is 11.4 Å². The summed E-state index contributed by atoms with van der Waals surface area (Å²) in [7, 11) is -3.69. The van der Waals surface area contributed by atoms with Gasteiger partial charge in [0, 0.05) is 29.9 Å². The number of rotatable bonds is 8. The summed E-state index contributed by atoms with van der Waals surface area (Å²) in [5, 5.41) is 6.54. The largest absolute Gasteiger partial charge is 0.377 e. The molecule has 6 nitrogen and oxygen atoms in total. The summed E-state index contributed by atoms with van der Waals surface area (Å²) >= 11 is 5.85. The molecule has 1 amide bonds. The molecule has 0 radical (unpaired) electrons. The summed E-state index contributed by atoms with van der Waals surface area (Å²) in [5.41, 5.74) is 2.42. The van der Waals surface area contributed by atoms with Crippen molar-refractivity contribution in [3.05, 3.63) is 89.4 Å². The van der Waals surface area contributed by atoms with Gasteiger partial charge in [0.15, 0.2) is 0 Å². The summed E-state index contributed by atoms with van der Waals surface area (Å²) in [6, 6.07) is 22.5. The molecule has 156 valence electrons. The Bertz CT molecular complexity index is 1090. The first-order valence-electron chi connectivity index (χ1n) is 9.28. The fourth-order valence-corrected chi connectivity index (χ4v) is 4.06.